The van der Waals surface area contributed by atoms with Crippen molar-refractivity contribution in [3.05, 3.63) is 35.4 Å². The highest BCUT2D eigenvalue weighted by molar-refractivity contribution is 5.74. The first kappa shape index (κ1) is 10.4. The summed E-state index contributed by atoms with van der Waals surface area (Å²) in [5, 5.41) is 0. The van der Waals surface area contributed by atoms with Gasteiger partial charge in [-0.15, -0.1) is 0 Å². The van der Waals surface area contributed by atoms with E-state index in [1.807, 2.05) is 12.1 Å². The van der Waals surface area contributed by atoms with E-state index in [9.17, 15) is 4.79 Å². The van der Waals surface area contributed by atoms with Crippen LogP contribution in [0.4, 0.5) is 0 Å². The summed E-state index contributed by atoms with van der Waals surface area (Å²) in [6.07, 6.45) is 4.55. The van der Waals surface area contributed by atoms with Crippen LogP contribution in [0, 0.1) is 0 Å². The Hall–Kier alpha value is -1.15. The average Bonchev–Trinajstić information content (AvgIpc) is 2.24. The Balaban J connectivity index is 2.23. The minimum absolute atomic E-state index is 0.218. The first-order chi connectivity index (χ1) is 7.30. The van der Waals surface area contributed by atoms with Crippen molar-refractivity contribution < 1.29 is 9.53 Å². The first-order valence-corrected chi connectivity index (χ1v) is 5.35. The van der Waals surface area contributed by atoms with Gasteiger partial charge in [0.25, 0.3) is 0 Å². The summed E-state index contributed by atoms with van der Waals surface area (Å²) < 4.78 is 5.29. The third kappa shape index (κ3) is 1.82. The van der Waals surface area contributed by atoms with Gasteiger partial charge in [0.15, 0.2) is 0 Å². The summed E-state index contributed by atoms with van der Waals surface area (Å²) in [6.45, 7) is 0.785. The lowest BCUT2D eigenvalue weighted by Crippen LogP contribution is -2.38. The smallest absolute Gasteiger partial charge is 0.150 e. The molecule has 15 heavy (non-hydrogen) atoms. The van der Waals surface area contributed by atoms with Crippen molar-refractivity contribution >= 4 is 6.29 Å². The van der Waals surface area contributed by atoms with Crippen molar-refractivity contribution in [3.8, 4) is 0 Å². The molecule has 0 aliphatic heterocycles. The zero-order chi connectivity index (χ0) is 10.7. The zero-order valence-electron chi connectivity index (χ0n) is 9.03. The van der Waals surface area contributed by atoms with Crippen LogP contribution in [-0.4, -0.2) is 20.0 Å². The van der Waals surface area contributed by atoms with E-state index in [0.717, 1.165) is 18.5 Å². The quantitative estimate of drug-likeness (QED) is 0.704. The number of ether oxygens (including phenoxy) is 1. The molecule has 0 N–H and O–H groups in total. The summed E-state index contributed by atoms with van der Waals surface area (Å²) in [6, 6.07) is 7.89. The molecule has 2 rings (SSSR count). The second-order valence-electron chi connectivity index (χ2n) is 4.31. The van der Waals surface area contributed by atoms with E-state index in [4.69, 9.17) is 4.74 Å². The molecule has 1 saturated carbocycles. The van der Waals surface area contributed by atoms with Gasteiger partial charge >= 0.3 is 0 Å². The Kier molecular flexibility index (Phi) is 2.87. The molecule has 1 aliphatic carbocycles. The number of hydrogen-bond acceptors (Lipinski definition) is 2. The van der Waals surface area contributed by atoms with Crippen LogP contribution < -0.4 is 0 Å². The Morgan fingerprint density at radius 3 is 2.40 bits per heavy atom. The van der Waals surface area contributed by atoms with Crippen molar-refractivity contribution in [2.45, 2.75) is 24.7 Å². The number of carbonyl (C=O) groups excluding carboxylic acids is 1. The fourth-order valence-corrected chi connectivity index (χ4v) is 2.31. The van der Waals surface area contributed by atoms with Gasteiger partial charge in [-0.2, -0.15) is 0 Å². The minimum Gasteiger partial charge on any atom is -0.384 e. The summed E-state index contributed by atoms with van der Waals surface area (Å²) >= 11 is 0. The Morgan fingerprint density at radius 2 is 2.00 bits per heavy atom. The van der Waals surface area contributed by atoms with Crippen molar-refractivity contribution in [2.75, 3.05) is 13.7 Å². The van der Waals surface area contributed by atoms with Crippen LogP contribution in [0.2, 0.25) is 0 Å². The zero-order valence-corrected chi connectivity index (χ0v) is 9.03. The SMILES string of the molecule is COCC1(c2ccc(C=O)cc2)CCC1. The molecule has 1 aromatic carbocycles. The van der Waals surface area contributed by atoms with Gasteiger partial charge in [-0.25, -0.2) is 0 Å². The van der Waals surface area contributed by atoms with Gasteiger partial charge in [0.1, 0.15) is 6.29 Å². The lowest BCUT2D eigenvalue weighted by molar-refractivity contribution is 0.0792. The third-order valence-corrected chi connectivity index (χ3v) is 3.39. The number of hydrogen-bond donors (Lipinski definition) is 0. The van der Waals surface area contributed by atoms with Crippen molar-refractivity contribution in [1.29, 1.82) is 0 Å². The lowest BCUT2D eigenvalue weighted by Gasteiger charge is -2.41. The van der Waals surface area contributed by atoms with Crippen molar-refractivity contribution in [2.24, 2.45) is 0 Å². The molecule has 0 amide bonds. The largest absolute Gasteiger partial charge is 0.384 e. The topological polar surface area (TPSA) is 26.3 Å². The molecular weight excluding hydrogens is 188 g/mol. The number of benzene rings is 1. The molecule has 0 unspecified atom stereocenters. The highest BCUT2D eigenvalue weighted by Gasteiger charge is 2.38. The second kappa shape index (κ2) is 4.15. The summed E-state index contributed by atoms with van der Waals surface area (Å²) in [7, 11) is 1.75. The molecule has 0 bridgehead atoms. The van der Waals surface area contributed by atoms with E-state index in [2.05, 4.69) is 12.1 Å². The van der Waals surface area contributed by atoms with Crippen molar-refractivity contribution in [1.82, 2.24) is 0 Å². The summed E-state index contributed by atoms with van der Waals surface area (Å²) in [5.74, 6) is 0. The van der Waals surface area contributed by atoms with E-state index < -0.39 is 0 Å². The molecule has 1 aromatic rings. The predicted molar refractivity (Wildman–Crippen MR) is 59.2 cm³/mol. The second-order valence-corrected chi connectivity index (χ2v) is 4.31. The monoisotopic (exact) mass is 204 g/mol. The molecule has 1 fully saturated rings. The molecular formula is C13H16O2. The summed E-state index contributed by atoms with van der Waals surface area (Å²) in [5.41, 5.74) is 2.27. The minimum atomic E-state index is 0.218. The van der Waals surface area contributed by atoms with Crippen LogP contribution >= 0.6 is 0 Å². The molecule has 0 saturated heterocycles. The Labute approximate surface area is 90.3 Å². The van der Waals surface area contributed by atoms with Gasteiger partial charge < -0.3 is 4.74 Å². The highest BCUT2D eigenvalue weighted by atomic mass is 16.5. The summed E-state index contributed by atoms with van der Waals surface area (Å²) in [4.78, 5) is 10.6. The van der Waals surface area contributed by atoms with Crippen LogP contribution in [0.5, 0.6) is 0 Å². The lowest BCUT2D eigenvalue weighted by atomic mass is 9.65. The standard InChI is InChI=1S/C13H16O2/c1-15-10-13(7-2-8-13)12-5-3-11(9-14)4-6-12/h3-6,9H,2,7-8,10H2,1H3. The van der Waals surface area contributed by atoms with Gasteiger partial charge in [0.05, 0.1) is 6.61 Å². The van der Waals surface area contributed by atoms with E-state index in [0.29, 0.717) is 0 Å². The number of rotatable bonds is 4. The van der Waals surface area contributed by atoms with Crippen LogP contribution in [0.3, 0.4) is 0 Å². The Bertz CT molecular complexity index is 336. The number of aldehydes is 1. The molecule has 1 aliphatic rings. The van der Waals surface area contributed by atoms with Crippen molar-refractivity contribution in [3.63, 3.8) is 0 Å². The van der Waals surface area contributed by atoms with Gasteiger partial charge in [0.2, 0.25) is 0 Å². The van der Waals surface area contributed by atoms with E-state index in [1.165, 1.54) is 24.8 Å². The van der Waals surface area contributed by atoms with Gasteiger partial charge in [-0.1, -0.05) is 30.7 Å². The van der Waals surface area contributed by atoms with Gasteiger partial charge in [-0.05, 0) is 18.4 Å². The normalized spacial score (nSPS) is 18.2. The van der Waals surface area contributed by atoms with E-state index in [-0.39, 0.29) is 5.41 Å². The van der Waals surface area contributed by atoms with Gasteiger partial charge in [0, 0.05) is 18.1 Å². The van der Waals surface area contributed by atoms with E-state index in [1.54, 1.807) is 7.11 Å². The third-order valence-electron chi connectivity index (χ3n) is 3.39. The maximum atomic E-state index is 10.6. The molecule has 0 radical (unpaired) electrons. The number of methoxy groups -OCH3 is 1. The maximum Gasteiger partial charge on any atom is 0.150 e. The van der Waals surface area contributed by atoms with Crippen LogP contribution in [0.25, 0.3) is 0 Å². The average molecular weight is 204 g/mol. The van der Waals surface area contributed by atoms with Crippen LogP contribution in [0.1, 0.15) is 35.2 Å². The molecule has 0 atom stereocenters. The fraction of sp³-hybridized carbons (Fsp3) is 0.462. The Morgan fingerprint density at radius 1 is 1.33 bits per heavy atom. The maximum absolute atomic E-state index is 10.6. The van der Waals surface area contributed by atoms with Crippen LogP contribution in [0.15, 0.2) is 24.3 Å². The number of carbonyl (C=O) groups is 1. The molecule has 80 valence electrons. The molecule has 2 nitrogen and oxygen atoms in total. The van der Waals surface area contributed by atoms with Gasteiger partial charge in [-0.3, -0.25) is 4.79 Å². The van der Waals surface area contributed by atoms with Crippen LogP contribution in [-0.2, 0) is 10.2 Å². The first-order valence-electron chi connectivity index (χ1n) is 5.35. The molecule has 0 aromatic heterocycles. The predicted octanol–water partition coefficient (Wildman–Crippen LogP) is 2.57. The molecule has 0 spiro atoms. The molecule has 0 heterocycles. The fourth-order valence-electron chi connectivity index (χ4n) is 2.31. The molecule has 2 heteroatoms. The van der Waals surface area contributed by atoms with E-state index >= 15 is 0 Å². The highest BCUT2D eigenvalue weighted by Crippen LogP contribution is 2.43.